The Morgan fingerprint density at radius 1 is 0.844 bits per heavy atom. The van der Waals surface area contributed by atoms with Crippen LogP contribution in [0.25, 0.3) is 33.1 Å². The molecule has 0 aliphatic carbocycles. The summed E-state index contributed by atoms with van der Waals surface area (Å²) in [5.41, 5.74) is 9.44. The Labute approximate surface area is 183 Å². The molecule has 3 N–H and O–H groups in total. The van der Waals surface area contributed by atoms with Gasteiger partial charge in [0.15, 0.2) is 0 Å². The quantitative estimate of drug-likeness (QED) is 0.378. The molecular formula is C25H19N5O2. The predicted molar refractivity (Wildman–Crippen MR) is 125 cm³/mol. The van der Waals surface area contributed by atoms with E-state index < -0.39 is 0 Å². The number of H-pyrrole nitrogens is 1. The highest BCUT2D eigenvalue weighted by Crippen LogP contribution is 2.25. The Hall–Kier alpha value is -4.52. The van der Waals surface area contributed by atoms with Crippen molar-refractivity contribution in [1.29, 1.82) is 0 Å². The highest BCUT2D eigenvalue weighted by atomic mass is 16.2. The van der Waals surface area contributed by atoms with Crippen LogP contribution in [0.2, 0.25) is 0 Å². The molecule has 0 saturated carbocycles. The van der Waals surface area contributed by atoms with E-state index in [1.807, 2.05) is 55.5 Å². The zero-order valence-corrected chi connectivity index (χ0v) is 17.2. The number of carbonyl (C=O) groups is 1. The summed E-state index contributed by atoms with van der Waals surface area (Å²) < 4.78 is 0. The van der Waals surface area contributed by atoms with Crippen molar-refractivity contribution in [3.63, 3.8) is 0 Å². The zero-order valence-electron chi connectivity index (χ0n) is 17.2. The average molecular weight is 421 g/mol. The first-order valence-corrected chi connectivity index (χ1v) is 10.1. The van der Waals surface area contributed by atoms with Crippen LogP contribution >= 0.6 is 0 Å². The molecule has 2 aromatic heterocycles. The molecule has 0 aliphatic rings. The Bertz CT molecular complexity index is 1530. The van der Waals surface area contributed by atoms with Crippen molar-refractivity contribution in [2.24, 2.45) is 0 Å². The molecule has 5 rings (SSSR count). The molecule has 0 fully saturated rings. The second kappa shape index (κ2) is 7.96. The van der Waals surface area contributed by atoms with E-state index in [2.05, 4.69) is 20.8 Å². The third-order valence-corrected chi connectivity index (χ3v) is 5.19. The lowest BCUT2D eigenvalue weighted by Gasteiger charge is -2.12. The van der Waals surface area contributed by atoms with Gasteiger partial charge in [0.05, 0.1) is 27.7 Å². The fourth-order valence-electron chi connectivity index (χ4n) is 3.61. The fourth-order valence-corrected chi connectivity index (χ4v) is 3.61. The molecule has 3 aromatic carbocycles. The number of benzene rings is 3. The van der Waals surface area contributed by atoms with E-state index in [4.69, 9.17) is 4.98 Å². The molecule has 1 amide bonds. The number of aromatic nitrogens is 3. The van der Waals surface area contributed by atoms with Gasteiger partial charge in [-0.1, -0.05) is 54.1 Å². The van der Waals surface area contributed by atoms with Crippen molar-refractivity contribution in [1.82, 2.24) is 20.4 Å². The smallest absolute Gasteiger partial charge is 0.270 e. The number of pyridine rings is 1. The second-order valence-electron chi connectivity index (χ2n) is 7.45. The van der Waals surface area contributed by atoms with Crippen molar-refractivity contribution in [3.05, 3.63) is 100 Å². The van der Waals surface area contributed by atoms with Crippen LogP contribution in [0.4, 0.5) is 5.95 Å². The first kappa shape index (κ1) is 19.4. The van der Waals surface area contributed by atoms with Crippen molar-refractivity contribution in [2.75, 3.05) is 5.43 Å². The van der Waals surface area contributed by atoms with E-state index in [-0.39, 0.29) is 17.4 Å². The maximum absolute atomic E-state index is 13.2. The standard InChI is InChI=1S/C25H19N5O2/c1-15-11-12-21-18(13-15)19(14-22(26-21)16-7-3-2-4-8-16)24(32)29-30-25-27-20-10-6-5-9-17(20)23(31)28-25/h2-14H,1H3,(H,29,32)(H2,27,28,30,31). The molecular weight excluding hydrogens is 402 g/mol. The van der Waals surface area contributed by atoms with Crippen LogP contribution in [-0.2, 0) is 0 Å². The zero-order chi connectivity index (χ0) is 22.1. The van der Waals surface area contributed by atoms with Gasteiger partial charge in [0.25, 0.3) is 11.5 Å². The number of amides is 1. The van der Waals surface area contributed by atoms with Crippen LogP contribution < -0.4 is 16.4 Å². The highest BCUT2D eigenvalue weighted by Gasteiger charge is 2.15. The topological polar surface area (TPSA) is 99.8 Å². The van der Waals surface area contributed by atoms with E-state index in [1.165, 1.54) is 0 Å². The molecule has 0 radical (unpaired) electrons. The number of para-hydroxylation sites is 1. The average Bonchev–Trinajstić information content (AvgIpc) is 2.82. The van der Waals surface area contributed by atoms with E-state index in [1.54, 1.807) is 30.3 Å². The number of nitrogens with zero attached hydrogens (tertiary/aromatic N) is 2. The Morgan fingerprint density at radius 2 is 1.59 bits per heavy atom. The molecule has 0 atom stereocenters. The summed E-state index contributed by atoms with van der Waals surface area (Å²) in [6.07, 6.45) is 0. The first-order chi connectivity index (χ1) is 15.6. The van der Waals surface area contributed by atoms with Gasteiger partial charge >= 0.3 is 0 Å². The van der Waals surface area contributed by atoms with Crippen molar-refractivity contribution in [2.45, 2.75) is 6.92 Å². The lowest BCUT2D eigenvalue weighted by Crippen LogP contribution is -2.31. The van der Waals surface area contributed by atoms with Gasteiger partial charge < -0.3 is 0 Å². The summed E-state index contributed by atoms with van der Waals surface area (Å²) in [6, 6.07) is 24.3. The van der Waals surface area contributed by atoms with Gasteiger partial charge in [0.1, 0.15) is 0 Å². The molecule has 2 heterocycles. The Morgan fingerprint density at radius 3 is 2.44 bits per heavy atom. The largest absolute Gasteiger partial charge is 0.291 e. The van der Waals surface area contributed by atoms with Crippen molar-refractivity contribution in [3.8, 4) is 11.3 Å². The van der Waals surface area contributed by atoms with Crippen molar-refractivity contribution >= 4 is 33.7 Å². The first-order valence-electron chi connectivity index (χ1n) is 10.1. The van der Waals surface area contributed by atoms with E-state index in [0.29, 0.717) is 22.2 Å². The minimum atomic E-state index is -0.365. The number of aryl methyl sites for hydroxylation is 1. The number of nitrogens with one attached hydrogen (secondary N) is 3. The number of hydrogen-bond donors (Lipinski definition) is 3. The van der Waals surface area contributed by atoms with Crippen LogP contribution in [0, 0.1) is 6.92 Å². The van der Waals surface area contributed by atoms with Crippen LogP contribution in [-0.4, -0.2) is 20.9 Å². The van der Waals surface area contributed by atoms with Gasteiger partial charge in [-0.25, -0.2) is 9.97 Å². The molecule has 156 valence electrons. The van der Waals surface area contributed by atoms with Gasteiger partial charge in [-0.05, 0) is 37.3 Å². The summed E-state index contributed by atoms with van der Waals surface area (Å²) in [6.45, 7) is 1.97. The molecule has 5 aromatic rings. The van der Waals surface area contributed by atoms with Crippen LogP contribution in [0.1, 0.15) is 15.9 Å². The molecule has 0 spiro atoms. The number of aromatic amines is 1. The minimum absolute atomic E-state index is 0.153. The van der Waals surface area contributed by atoms with E-state index in [0.717, 1.165) is 22.0 Å². The highest BCUT2D eigenvalue weighted by molar-refractivity contribution is 6.07. The number of carbonyl (C=O) groups excluding carboxylic acids is 1. The van der Waals surface area contributed by atoms with Gasteiger partial charge in [-0.15, -0.1) is 0 Å². The van der Waals surface area contributed by atoms with E-state index in [9.17, 15) is 9.59 Å². The molecule has 32 heavy (non-hydrogen) atoms. The van der Waals surface area contributed by atoms with Gasteiger partial charge in [-0.3, -0.25) is 25.4 Å². The summed E-state index contributed by atoms with van der Waals surface area (Å²) >= 11 is 0. The maximum atomic E-state index is 13.2. The van der Waals surface area contributed by atoms with Crippen LogP contribution in [0.5, 0.6) is 0 Å². The van der Waals surface area contributed by atoms with Crippen LogP contribution in [0.15, 0.2) is 83.7 Å². The lowest BCUT2D eigenvalue weighted by molar-refractivity contribution is 0.0964. The Kier molecular flexibility index (Phi) is 4.84. The third-order valence-electron chi connectivity index (χ3n) is 5.19. The monoisotopic (exact) mass is 421 g/mol. The van der Waals surface area contributed by atoms with Gasteiger partial charge in [0.2, 0.25) is 5.95 Å². The third kappa shape index (κ3) is 3.67. The number of hydrogen-bond acceptors (Lipinski definition) is 5. The molecule has 0 bridgehead atoms. The second-order valence-corrected chi connectivity index (χ2v) is 7.45. The van der Waals surface area contributed by atoms with Gasteiger partial charge in [0, 0.05) is 10.9 Å². The molecule has 0 unspecified atom stereocenters. The molecule has 0 saturated heterocycles. The fraction of sp³-hybridized carbons (Fsp3) is 0.0400. The summed E-state index contributed by atoms with van der Waals surface area (Å²) in [7, 11) is 0. The lowest BCUT2D eigenvalue weighted by atomic mass is 10.0. The number of rotatable bonds is 4. The number of anilines is 1. The predicted octanol–water partition coefficient (Wildman–Crippen LogP) is 4.20. The molecule has 7 heteroatoms. The summed E-state index contributed by atoms with van der Waals surface area (Å²) in [5, 5.41) is 1.22. The van der Waals surface area contributed by atoms with Gasteiger partial charge in [-0.2, -0.15) is 0 Å². The summed E-state index contributed by atoms with van der Waals surface area (Å²) in [4.78, 5) is 37.1. The van der Waals surface area contributed by atoms with E-state index >= 15 is 0 Å². The maximum Gasteiger partial charge on any atom is 0.270 e. The minimum Gasteiger partial charge on any atom is -0.291 e. The number of hydrazine groups is 1. The SMILES string of the molecule is Cc1ccc2nc(-c3ccccc3)cc(C(=O)NNc3nc4ccccc4c(=O)[nH]3)c2c1. The van der Waals surface area contributed by atoms with Crippen LogP contribution in [0.3, 0.4) is 0 Å². The molecule has 7 nitrogen and oxygen atoms in total. The normalized spacial score (nSPS) is 10.9. The summed E-state index contributed by atoms with van der Waals surface area (Å²) in [5.74, 6) is -0.212. The number of fused-ring (bicyclic) bond motifs is 2. The Balaban J connectivity index is 1.51. The van der Waals surface area contributed by atoms with Crippen molar-refractivity contribution < 1.29 is 4.79 Å². The molecule has 0 aliphatic heterocycles.